The molecule has 2 N–H and O–H groups in total. The van der Waals surface area contributed by atoms with Crippen LogP contribution in [0.5, 0.6) is 0 Å². The molecule has 0 radical (unpaired) electrons. The van der Waals surface area contributed by atoms with Gasteiger partial charge in [-0.15, -0.1) is 0 Å². The first kappa shape index (κ1) is 11.7. The predicted molar refractivity (Wildman–Crippen MR) is 52.7 cm³/mol. The molecule has 1 atom stereocenters. The quantitative estimate of drug-likeness (QED) is 0.529. The fraction of sp³-hybridized carbons (Fsp3) is 0.500. The maximum absolute atomic E-state index is 8.41. The summed E-state index contributed by atoms with van der Waals surface area (Å²) in [7, 11) is 1.64. The Bertz CT molecular complexity index is 248. The summed E-state index contributed by atoms with van der Waals surface area (Å²) in [5.41, 5.74) is 7.13. The first-order chi connectivity index (χ1) is 6.15. The van der Waals surface area contributed by atoms with E-state index in [-0.39, 0.29) is 6.10 Å². The van der Waals surface area contributed by atoms with Crippen molar-refractivity contribution in [3.8, 4) is 6.07 Å². The van der Waals surface area contributed by atoms with Crippen molar-refractivity contribution < 1.29 is 4.74 Å². The number of methoxy groups -OCH3 is 1. The number of nitrogens with two attached hydrogens (primary N) is 1. The number of nitrogens with zero attached hydrogens (tertiary/aromatic N) is 1. The minimum absolute atomic E-state index is 0.0283. The van der Waals surface area contributed by atoms with Crippen LogP contribution >= 0.6 is 0 Å². The number of hydrogen-bond acceptors (Lipinski definition) is 3. The molecule has 0 aromatic heterocycles. The zero-order valence-electron chi connectivity index (χ0n) is 8.37. The van der Waals surface area contributed by atoms with Gasteiger partial charge in [-0.25, -0.2) is 0 Å². The third kappa shape index (κ3) is 4.34. The van der Waals surface area contributed by atoms with Gasteiger partial charge in [0.15, 0.2) is 0 Å². The van der Waals surface area contributed by atoms with Crippen LogP contribution in [0.3, 0.4) is 0 Å². The van der Waals surface area contributed by atoms with Gasteiger partial charge in [-0.1, -0.05) is 13.0 Å². The predicted octanol–water partition coefficient (Wildman–Crippen LogP) is 1.72. The van der Waals surface area contributed by atoms with Crippen molar-refractivity contribution in [2.45, 2.75) is 26.4 Å². The minimum Gasteiger partial charge on any atom is -0.398 e. The van der Waals surface area contributed by atoms with Gasteiger partial charge >= 0.3 is 0 Å². The van der Waals surface area contributed by atoms with Crippen molar-refractivity contribution >= 4 is 0 Å². The van der Waals surface area contributed by atoms with E-state index in [2.05, 4.69) is 0 Å². The van der Waals surface area contributed by atoms with Crippen LogP contribution in [0, 0.1) is 11.3 Å². The Morgan fingerprint density at radius 2 is 2.31 bits per heavy atom. The number of rotatable bonds is 4. The molecule has 0 saturated carbocycles. The van der Waals surface area contributed by atoms with Crippen molar-refractivity contribution in [3.63, 3.8) is 0 Å². The Morgan fingerprint density at radius 1 is 1.69 bits per heavy atom. The van der Waals surface area contributed by atoms with Crippen LogP contribution in [0.1, 0.15) is 20.3 Å². The molecule has 0 spiro atoms. The Balaban J connectivity index is 4.61. The highest BCUT2D eigenvalue weighted by Crippen LogP contribution is 2.10. The highest BCUT2D eigenvalue weighted by molar-refractivity contribution is 5.32. The van der Waals surface area contributed by atoms with Gasteiger partial charge in [0.1, 0.15) is 0 Å². The molecule has 0 fully saturated rings. The summed E-state index contributed by atoms with van der Waals surface area (Å²) in [6, 6.07) is 1.90. The highest BCUT2D eigenvalue weighted by atomic mass is 16.5. The molecular formula is C10H16N2O. The minimum atomic E-state index is 0.0283. The summed E-state index contributed by atoms with van der Waals surface area (Å²) in [4.78, 5) is 0. The molecule has 1 unspecified atom stereocenters. The second kappa shape index (κ2) is 6.27. The summed E-state index contributed by atoms with van der Waals surface area (Å²) in [6.07, 6.45) is 4.10. The topological polar surface area (TPSA) is 59.0 Å². The summed E-state index contributed by atoms with van der Waals surface area (Å²) in [5.74, 6) is 0. The van der Waals surface area contributed by atoms with E-state index < -0.39 is 0 Å². The van der Waals surface area contributed by atoms with Gasteiger partial charge < -0.3 is 10.5 Å². The van der Waals surface area contributed by atoms with E-state index in [1.807, 2.05) is 26.0 Å². The summed E-state index contributed by atoms with van der Waals surface area (Å²) < 4.78 is 5.07. The average molecular weight is 180 g/mol. The molecule has 0 aliphatic rings. The number of ether oxygens (including phenoxy) is 1. The third-order valence-electron chi connectivity index (χ3n) is 1.78. The largest absolute Gasteiger partial charge is 0.398 e. The van der Waals surface area contributed by atoms with Crippen molar-refractivity contribution in [1.29, 1.82) is 5.26 Å². The molecule has 0 rings (SSSR count). The van der Waals surface area contributed by atoms with Crippen molar-refractivity contribution in [3.05, 3.63) is 23.4 Å². The van der Waals surface area contributed by atoms with Crippen LogP contribution in [0.15, 0.2) is 23.4 Å². The van der Waals surface area contributed by atoms with Gasteiger partial charge in [0.25, 0.3) is 0 Å². The maximum Gasteiger partial charge on any atom is 0.0933 e. The number of hydrogen-bond donors (Lipinski definition) is 1. The highest BCUT2D eigenvalue weighted by Gasteiger charge is 2.01. The zero-order valence-corrected chi connectivity index (χ0v) is 8.37. The zero-order chi connectivity index (χ0) is 10.3. The Morgan fingerprint density at radius 3 is 2.69 bits per heavy atom. The van der Waals surface area contributed by atoms with Gasteiger partial charge in [-0.2, -0.15) is 5.26 Å². The smallest absolute Gasteiger partial charge is 0.0933 e. The van der Waals surface area contributed by atoms with E-state index in [4.69, 9.17) is 15.7 Å². The molecule has 3 heteroatoms. The lowest BCUT2D eigenvalue weighted by molar-refractivity contribution is 0.155. The first-order valence-corrected chi connectivity index (χ1v) is 4.24. The molecule has 0 saturated heterocycles. The summed E-state index contributed by atoms with van der Waals surface area (Å²) in [6.45, 7) is 3.92. The van der Waals surface area contributed by atoms with Gasteiger partial charge in [0.05, 0.1) is 12.2 Å². The van der Waals surface area contributed by atoms with Crippen molar-refractivity contribution in [2.24, 2.45) is 5.73 Å². The van der Waals surface area contributed by atoms with Gasteiger partial charge in [-0.05, 0) is 18.9 Å². The molecule has 3 nitrogen and oxygen atoms in total. The van der Waals surface area contributed by atoms with Crippen LogP contribution < -0.4 is 5.73 Å². The summed E-state index contributed by atoms with van der Waals surface area (Å²) >= 11 is 0. The molecule has 13 heavy (non-hydrogen) atoms. The lowest BCUT2D eigenvalue weighted by Gasteiger charge is -2.08. The Labute approximate surface area is 79.5 Å². The van der Waals surface area contributed by atoms with Crippen LogP contribution in [0.4, 0.5) is 0 Å². The van der Waals surface area contributed by atoms with Crippen LogP contribution in [0.2, 0.25) is 0 Å². The van der Waals surface area contributed by atoms with Crippen molar-refractivity contribution in [2.75, 3.05) is 7.11 Å². The van der Waals surface area contributed by atoms with E-state index in [1.165, 1.54) is 6.08 Å². The monoisotopic (exact) mass is 180 g/mol. The third-order valence-corrected chi connectivity index (χ3v) is 1.78. The molecular weight excluding hydrogens is 164 g/mol. The number of nitriles is 1. The molecule has 0 aromatic carbocycles. The van der Waals surface area contributed by atoms with Gasteiger partial charge in [0, 0.05) is 18.9 Å². The van der Waals surface area contributed by atoms with Crippen molar-refractivity contribution in [1.82, 2.24) is 0 Å². The number of allylic oxidation sites excluding steroid dienone is 2. The summed E-state index contributed by atoms with van der Waals surface area (Å²) in [5, 5.41) is 8.41. The standard InChI is InChI=1S/C10H16N2O/c1-4-9(7-8(2)13-3)10(12)5-6-11/h5,7-8H,4,12H2,1-3H3/b9-7+,10-5-. The van der Waals surface area contributed by atoms with Gasteiger partial charge in [-0.3, -0.25) is 0 Å². The lowest BCUT2D eigenvalue weighted by atomic mass is 10.1. The Kier molecular flexibility index (Phi) is 5.66. The normalized spacial score (nSPS) is 15.2. The maximum atomic E-state index is 8.41. The van der Waals surface area contributed by atoms with E-state index in [0.29, 0.717) is 5.70 Å². The second-order valence-electron chi connectivity index (χ2n) is 2.72. The SMILES string of the molecule is CCC(=C\C(C)OC)/C(N)=C/C#N. The first-order valence-electron chi connectivity index (χ1n) is 4.24. The molecule has 0 heterocycles. The molecule has 0 bridgehead atoms. The second-order valence-corrected chi connectivity index (χ2v) is 2.72. The fourth-order valence-corrected chi connectivity index (χ4v) is 0.932. The van der Waals surface area contributed by atoms with Gasteiger partial charge in [0.2, 0.25) is 0 Å². The average Bonchev–Trinajstić information content (AvgIpc) is 2.14. The van der Waals surface area contributed by atoms with Crippen LogP contribution in [-0.4, -0.2) is 13.2 Å². The molecule has 0 aliphatic carbocycles. The molecule has 72 valence electrons. The van der Waals surface area contributed by atoms with E-state index >= 15 is 0 Å². The molecule has 0 aromatic rings. The Hall–Kier alpha value is -1.27. The fourth-order valence-electron chi connectivity index (χ4n) is 0.932. The van der Waals surface area contributed by atoms with Crippen LogP contribution in [0.25, 0.3) is 0 Å². The van der Waals surface area contributed by atoms with Crippen LogP contribution in [-0.2, 0) is 4.74 Å². The lowest BCUT2D eigenvalue weighted by Crippen LogP contribution is -2.06. The molecule has 0 amide bonds. The van der Waals surface area contributed by atoms with E-state index in [1.54, 1.807) is 7.11 Å². The van der Waals surface area contributed by atoms with E-state index in [9.17, 15) is 0 Å². The van der Waals surface area contributed by atoms with E-state index in [0.717, 1.165) is 12.0 Å². The molecule has 0 aliphatic heterocycles.